The van der Waals surface area contributed by atoms with E-state index < -0.39 is 6.10 Å². The second-order valence-corrected chi connectivity index (χ2v) is 5.51. The van der Waals surface area contributed by atoms with Gasteiger partial charge in [0.1, 0.15) is 11.5 Å². The quantitative estimate of drug-likeness (QED) is 0.589. The fourth-order valence-electron chi connectivity index (χ4n) is 2.36. The molecule has 0 radical (unpaired) electrons. The number of aliphatic hydroxyl groups excluding tert-OH is 1. The van der Waals surface area contributed by atoms with Gasteiger partial charge in [0.2, 0.25) is 0 Å². The van der Waals surface area contributed by atoms with Gasteiger partial charge in [-0.25, -0.2) is 0 Å². The summed E-state index contributed by atoms with van der Waals surface area (Å²) in [5, 5.41) is 32.1. The van der Waals surface area contributed by atoms with Crippen molar-refractivity contribution >= 4 is 5.78 Å². The lowest BCUT2D eigenvalue weighted by Gasteiger charge is -2.20. The molecule has 2 aromatic rings. The summed E-state index contributed by atoms with van der Waals surface area (Å²) < 4.78 is 0. The van der Waals surface area contributed by atoms with Gasteiger partial charge in [0.25, 0.3) is 0 Å². The van der Waals surface area contributed by atoms with E-state index >= 15 is 0 Å². The highest BCUT2D eigenvalue weighted by atomic mass is 16.3. The third kappa shape index (κ3) is 4.81. The Morgan fingerprint density at radius 1 is 1.09 bits per heavy atom. The number of Topliss-reactive ketones (excluding diaryl/α,β-unsaturated/α-hetero) is 1. The van der Waals surface area contributed by atoms with E-state index in [4.69, 9.17) is 0 Å². The molecule has 122 valence electrons. The fourth-order valence-corrected chi connectivity index (χ4v) is 2.36. The summed E-state index contributed by atoms with van der Waals surface area (Å²) in [5.41, 5.74) is 1.08. The molecule has 2 unspecified atom stereocenters. The Morgan fingerprint density at radius 3 is 2.30 bits per heavy atom. The van der Waals surface area contributed by atoms with Crippen LogP contribution in [-0.4, -0.2) is 33.7 Å². The number of ketones is 1. The first-order valence-corrected chi connectivity index (χ1v) is 7.50. The van der Waals surface area contributed by atoms with Crippen LogP contribution in [0.25, 0.3) is 0 Å². The smallest absolute Gasteiger partial charge is 0.164 e. The monoisotopic (exact) mass is 315 g/mol. The highest BCUT2D eigenvalue weighted by Crippen LogP contribution is 2.21. The second-order valence-electron chi connectivity index (χ2n) is 5.51. The van der Waals surface area contributed by atoms with Gasteiger partial charge in [-0.3, -0.25) is 4.79 Å². The van der Waals surface area contributed by atoms with E-state index in [1.54, 1.807) is 0 Å². The van der Waals surface area contributed by atoms with Crippen molar-refractivity contribution in [1.82, 2.24) is 5.32 Å². The summed E-state index contributed by atoms with van der Waals surface area (Å²) in [6.07, 6.45) is -0.453. The number of nitrogens with one attached hydrogen (secondary N) is 1. The van der Waals surface area contributed by atoms with E-state index in [-0.39, 0.29) is 35.3 Å². The maximum absolute atomic E-state index is 12.0. The van der Waals surface area contributed by atoms with Crippen LogP contribution in [0, 0.1) is 0 Å². The van der Waals surface area contributed by atoms with E-state index in [1.807, 2.05) is 37.3 Å². The van der Waals surface area contributed by atoms with Gasteiger partial charge in [-0.15, -0.1) is 0 Å². The second kappa shape index (κ2) is 7.76. The third-order valence-corrected chi connectivity index (χ3v) is 3.66. The largest absolute Gasteiger partial charge is 0.508 e. The Morgan fingerprint density at radius 2 is 1.70 bits per heavy atom. The van der Waals surface area contributed by atoms with E-state index in [1.165, 1.54) is 18.2 Å². The van der Waals surface area contributed by atoms with Gasteiger partial charge in [-0.2, -0.15) is 0 Å². The van der Waals surface area contributed by atoms with Crippen LogP contribution in [0.3, 0.4) is 0 Å². The van der Waals surface area contributed by atoms with E-state index in [9.17, 15) is 20.1 Å². The number of carbonyl (C=O) groups excluding carboxylic acids is 1. The molecule has 5 nitrogen and oxygen atoms in total. The van der Waals surface area contributed by atoms with Crippen LogP contribution in [0.2, 0.25) is 0 Å². The predicted octanol–water partition coefficient (Wildman–Crippen LogP) is 2.38. The molecular formula is C18H21NO4. The van der Waals surface area contributed by atoms with Crippen LogP contribution in [-0.2, 0) is 0 Å². The summed E-state index contributed by atoms with van der Waals surface area (Å²) >= 11 is 0. The first-order valence-electron chi connectivity index (χ1n) is 7.50. The molecule has 0 aliphatic carbocycles. The molecule has 2 rings (SSSR count). The molecule has 0 aromatic heterocycles. The fraction of sp³-hybridized carbons (Fsp3) is 0.278. The Balaban J connectivity index is 1.85. The number of aromatic hydroxyl groups is 2. The molecule has 0 bridgehead atoms. The zero-order valence-corrected chi connectivity index (χ0v) is 12.9. The first-order chi connectivity index (χ1) is 11.0. The standard InChI is InChI=1S/C18H21NO4/c1-12(18(23)13-5-3-2-4-6-13)19-8-7-17(22)14-9-15(20)11-16(21)10-14/h2-6,9-12,18-21,23H,7-8H2,1H3. The molecule has 0 saturated carbocycles. The third-order valence-electron chi connectivity index (χ3n) is 3.66. The Hall–Kier alpha value is -2.37. The molecule has 23 heavy (non-hydrogen) atoms. The van der Waals surface area contributed by atoms with Crippen molar-refractivity contribution in [1.29, 1.82) is 0 Å². The van der Waals surface area contributed by atoms with E-state index in [2.05, 4.69) is 5.32 Å². The van der Waals surface area contributed by atoms with Gasteiger partial charge in [-0.05, 0) is 24.6 Å². The average Bonchev–Trinajstić information content (AvgIpc) is 2.53. The topological polar surface area (TPSA) is 89.8 Å². The van der Waals surface area contributed by atoms with Gasteiger partial charge in [0, 0.05) is 30.6 Å². The van der Waals surface area contributed by atoms with Crippen LogP contribution >= 0.6 is 0 Å². The molecule has 4 N–H and O–H groups in total. The molecule has 0 aliphatic rings. The van der Waals surface area contributed by atoms with Crippen molar-refractivity contribution in [2.45, 2.75) is 25.5 Å². The number of carbonyl (C=O) groups is 1. The van der Waals surface area contributed by atoms with Gasteiger partial charge in [0.05, 0.1) is 6.10 Å². The lowest BCUT2D eigenvalue weighted by molar-refractivity contribution is 0.0971. The number of benzene rings is 2. The molecule has 0 fully saturated rings. The molecular weight excluding hydrogens is 294 g/mol. The summed E-state index contributed by atoms with van der Waals surface area (Å²) in [7, 11) is 0. The minimum absolute atomic E-state index is 0.144. The highest BCUT2D eigenvalue weighted by Gasteiger charge is 2.16. The molecule has 2 aromatic carbocycles. The van der Waals surface area contributed by atoms with Crippen molar-refractivity contribution in [3.05, 3.63) is 59.7 Å². The maximum Gasteiger partial charge on any atom is 0.164 e. The van der Waals surface area contributed by atoms with Crippen molar-refractivity contribution in [3.63, 3.8) is 0 Å². The Bertz CT molecular complexity index is 637. The van der Waals surface area contributed by atoms with Gasteiger partial charge in [-0.1, -0.05) is 30.3 Å². The maximum atomic E-state index is 12.0. The molecule has 2 atom stereocenters. The van der Waals surface area contributed by atoms with E-state index in [0.29, 0.717) is 6.54 Å². The van der Waals surface area contributed by atoms with Crippen molar-refractivity contribution in [2.24, 2.45) is 0 Å². The molecule has 0 spiro atoms. The van der Waals surface area contributed by atoms with Gasteiger partial charge < -0.3 is 20.6 Å². The molecule has 0 amide bonds. The molecule has 0 heterocycles. The SMILES string of the molecule is CC(NCCC(=O)c1cc(O)cc(O)c1)C(O)c1ccccc1. The summed E-state index contributed by atoms with van der Waals surface area (Å²) in [6.45, 7) is 2.24. The predicted molar refractivity (Wildman–Crippen MR) is 87.6 cm³/mol. The van der Waals surface area contributed by atoms with Crippen molar-refractivity contribution < 1.29 is 20.1 Å². The van der Waals surface area contributed by atoms with Gasteiger partial charge >= 0.3 is 0 Å². The molecule has 5 heteroatoms. The summed E-state index contributed by atoms with van der Waals surface area (Å²) in [6, 6.07) is 12.9. The lowest BCUT2D eigenvalue weighted by Crippen LogP contribution is -2.33. The normalized spacial score (nSPS) is 13.5. The number of hydrogen-bond donors (Lipinski definition) is 4. The van der Waals surface area contributed by atoms with E-state index in [0.717, 1.165) is 5.56 Å². The number of rotatable bonds is 7. The van der Waals surface area contributed by atoms with Gasteiger partial charge in [0.15, 0.2) is 5.78 Å². The van der Waals surface area contributed by atoms with Crippen LogP contribution < -0.4 is 5.32 Å². The first kappa shape index (κ1) is 17.0. The average molecular weight is 315 g/mol. The zero-order chi connectivity index (χ0) is 16.8. The highest BCUT2D eigenvalue weighted by molar-refractivity contribution is 5.96. The number of phenols is 2. The Kier molecular flexibility index (Phi) is 5.73. The summed E-state index contributed by atoms with van der Waals surface area (Å²) in [5.74, 6) is -0.478. The minimum atomic E-state index is -0.656. The minimum Gasteiger partial charge on any atom is -0.508 e. The number of aliphatic hydroxyl groups is 1. The lowest BCUT2D eigenvalue weighted by atomic mass is 10.0. The van der Waals surface area contributed by atoms with Crippen molar-refractivity contribution in [3.8, 4) is 11.5 Å². The van der Waals surface area contributed by atoms with Crippen LogP contribution in [0.1, 0.15) is 35.4 Å². The van der Waals surface area contributed by atoms with Crippen molar-refractivity contribution in [2.75, 3.05) is 6.54 Å². The molecule has 0 saturated heterocycles. The van der Waals surface area contributed by atoms with Crippen LogP contribution in [0.5, 0.6) is 11.5 Å². The number of hydrogen-bond acceptors (Lipinski definition) is 5. The van der Waals surface area contributed by atoms with Crippen LogP contribution in [0.15, 0.2) is 48.5 Å². The molecule has 0 aliphatic heterocycles. The number of phenolic OH excluding ortho intramolecular Hbond substituents is 2. The zero-order valence-electron chi connectivity index (χ0n) is 12.9. The Labute approximate surface area is 135 Å². The van der Waals surface area contributed by atoms with Crippen LogP contribution in [0.4, 0.5) is 0 Å². The summed E-state index contributed by atoms with van der Waals surface area (Å²) in [4.78, 5) is 12.0.